The monoisotopic (exact) mass is 309 g/mol. The van der Waals surface area contributed by atoms with Crippen LogP contribution in [0.5, 0.6) is 0 Å². The fourth-order valence-electron chi connectivity index (χ4n) is 1.06. The number of nitrogens with one attached hydrogen (secondary N) is 1. The number of aromatic nitrogens is 1. The number of sulfonamides is 1. The molecule has 0 bridgehead atoms. The molecule has 0 aliphatic heterocycles. The van der Waals surface area contributed by atoms with Gasteiger partial charge >= 0.3 is 0 Å². The van der Waals surface area contributed by atoms with E-state index in [0.29, 0.717) is 11.3 Å². The van der Waals surface area contributed by atoms with Crippen LogP contribution in [0.1, 0.15) is 0 Å². The molecule has 0 aliphatic carbocycles. The van der Waals surface area contributed by atoms with Crippen LogP contribution in [0, 0.1) is 10.1 Å². The number of thiophene rings is 1. The van der Waals surface area contributed by atoms with Crippen LogP contribution in [0.15, 0.2) is 27.3 Å². The van der Waals surface area contributed by atoms with Crippen molar-refractivity contribution >= 4 is 44.3 Å². The summed E-state index contributed by atoms with van der Waals surface area (Å²) >= 11 is 6.18. The van der Waals surface area contributed by atoms with Crippen LogP contribution in [0.2, 0.25) is 4.34 Å². The Labute approximate surface area is 109 Å². The number of hydrogen-bond acceptors (Lipinski definition) is 7. The van der Waals surface area contributed by atoms with Gasteiger partial charge in [0.05, 0.1) is 11.1 Å². The molecular weight excluding hydrogens is 306 g/mol. The van der Waals surface area contributed by atoms with E-state index in [2.05, 4.69) is 14.4 Å². The Bertz CT molecular complexity index is 678. The normalized spacial score (nSPS) is 11.4. The summed E-state index contributed by atoms with van der Waals surface area (Å²) in [4.78, 5) is 9.81. The lowest BCUT2D eigenvalue weighted by Gasteiger charge is -2.00. The van der Waals surface area contributed by atoms with E-state index in [-0.39, 0.29) is 14.2 Å². The molecule has 2 aromatic heterocycles. The molecule has 2 heterocycles. The lowest BCUT2D eigenvalue weighted by Crippen LogP contribution is -2.10. The van der Waals surface area contributed by atoms with Crippen LogP contribution >= 0.6 is 22.9 Å². The van der Waals surface area contributed by atoms with Crippen molar-refractivity contribution in [3.63, 3.8) is 0 Å². The van der Waals surface area contributed by atoms with Gasteiger partial charge in [0.1, 0.15) is 16.2 Å². The first-order chi connectivity index (χ1) is 8.40. The summed E-state index contributed by atoms with van der Waals surface area (Å²) in [5.74, 6) is 0. The Hall–Kier alpha value is -1.65. The molecule has 0 spiro atoms. The third-order valence-electron chi connectivity index (χ3n) is 1.79. The Morgan fingerprint density at radius 3 is 2.78 bits per heavy atom. The molecule has 0 aromatic carbocycles. The van der Waals surface area contributed by atoms with Crippen LogP contribution in [0.3, 0.4) is 0 Å². The van der Waals surface area contributed by atoms with Gasteiger partial charge in [-0.25, -0.2) is 8.42 Å². The summed E-state index contributed by atoms with van der Waals surface area (Å²) in [5, 5.41) is 13.9. The highest BCUT2D eigenvalue weighted by Crippen LogP contribution is 2.36. The summed E-state index contributed by atoms with van der Waals surface area (Å²) in [7, 11) is -3.94. The zero-order valence-corrected chi connectivity index (χ0v) is 10.8. The number of nitro groups is 1. The first-order valence-corrected chi connectivity index (χ1v) is 6.94. The topological polar surface area (TPSA) is 115 Å². The van der Waals surface area contributed by atoms with Crippen molar-refractivity contribution < 1.29 is 17.9 Å². The molecule has 0 atom stereocenters. The minimum atomic E-state index is -3.94. The smallest absolute Gasteiger partial charge is 0.300 e. The first kappa shape index (κ1) is 12.8. The second kappa shape index (κ2) is 4.55. The van der Waals surface area contributed by atoms with Gasteiger partial charge < -0.3 is 4.52 Å². The van der Waals surface area contributed by atoms with Crippen molar-refractivity contribution in [1.82, 2.24) is 5.16 Å². The molecule has 0 amide bonds. The number of anilines is 1. The number of halogens is 1. The van der Waals surface area contributed by atoms with Gasteiger partial charge in [-0.2, -0.15) is 0 Å². The third-order valence-corrected chi connectivity index (χ3v) is 4.98. The lowest BCUT2D eigenvalue weighted by atomic mass is 10.6. The summed E-state index contributed by atoms with van der Waals surface area (Å²) in [6, 6.07) is 0.892. The van der Waals surface area contributed by atoms with E-state index >= 15 is 0 Å². The maximum absolute atomic E-state index is 11.8. The summed E-state index contributed by atoms with van der Waals surface area (Å²) in [5.41, 5.74) is -0.338. The first-order valence-electron chi connectivity index (χ1n) is 4.26. The Kier molecular flexibility index (Phi) is 3.24. The fraction of sp³-hybridized carbons (Fsp3) is 0. The largest absolute Gasteiger partial charge is 0.362 e. The molecule has 11 heteroatoms. The van der Waals surface area contributed by atoms with Gasteiger partial charge in [0.2, 0.25) is 0 Å². The molecule has 8 nitrogen and oxygen atoms in total. The zero-order valence-electron chi connectivity index (χ0n) is 8.36. The molecule has 1 N–H and O–H groups in total. The van der Waals surface area contributed by atoms with Crippen molar-refractivity contribution in [1.29, 1.82) is 0 Å². The van der Waals surface area contributed by atoms with Gasteiger partial charge in [0.25, 0.3) is 15.7 Å². The average molecular weight is 310 g/mol. The minimum Gasteiger partial charge on any atom is -0.362 e. The molecule has 0 saturated carbocycles. The van der Waals surface area contributed by atoms with Crippen LogP contribution in [-0.4, -0.2) is 18.5 Å². The van der Waals surface area contributed by atoms with E-state index in [9.17, 15) is 18.5 Å². The van der Waals surface area contributed by atoms with Crippen molar-refractivity contribution in [2.75, 3.05) is 4.72 Å². The Morgan fingerprint density at radius 1 is 1.56 bits per heavy atom. The highest BCUT2D eigenvalue weighted by molar-refractivity contribution is 7.94. The van der Waals surface area contributed by atoms with Gasteiger partial charge in [0.15, 0.2) is 4.34 Å². The molecule has 0 unspecified atom stereocenters. The quantitative estimate of drug-likeness (QED) is 0.683. The summed E-state index contributed by atoms with van der Waals surface area (Å²) in [6.07, 6.45) is 2.24. The van der Waals surface area contributed by atoms with Crippen molar-refractivity contribution in [3.05, 3.63) is 33.0 Å². The van der Waals surface area contributed by atoms with E-state index in [1.165, 1.54) is 0 Å². The molecule has 0 saturated heterocycles. The second-order valence-electron chi connectivity index (χ2n) is 3.00. The third kappa shape index (κ3) is 2.44. The van der Waals surface area contributed by atoms with Crippen molar-refractivity contribution in [2.24, 2.45) is 0 Å². The molecule has 0 fully saturated rings. The summed E-state index contributed by atoms with van der Waals surface area (Å²) < 4.78 is 29.8. The molecule has 2 aromatic rings. The lowest BCUT2D eigenvalue weighted by molar-refractivity contribution is -0.384. The number of hydrogen-bond donors (Lipinski definition) is 1. The highest BCUT2D eigenvalue weighted by atomic mass is 35.5. The van der Waals surface area contributed by atoms with E-state index < -0.39 is 20.6 Å². The van der Waals surface area contributed by atoms with Crippen molar-refractivity contribution in [2.45, 2.75) is 4.21 Å². The summed E-state index contributed by atoms with van der Waals surface area (Å²) in [6.45, 7) is 0. The molecular formula is C7H4ClN3O5S2. The van der Waals surface area contributed by atoms with E-state index in [4.69, 9.17) is 11.6 Å². The maximum atomic E-state index is 11.8. The van der Waals surface area contributed by atoms with Crippen LogP contribution in [0.25, 0.3) is 0 Å². The molecule has 0 aliphatic rings. The van der Waals surface area contributed by atoms with E-state index in [1.807, 2.05) is 0 Å². The van der Waals surface area contributed by atoms with Crippen LogP contribution in [-0.2, 0) is 10.0 Å². The van der Waals surface area contributed by atoms with Crippen molar-refractivity contribution in [3.8, 4) is 0 Å². The van der Waals surface area contributed by atoms with Gasteiger partial charge in [-0.1, -0.05) is 16.8 Å². The Balaban J connectivity index is 2.36. The second-order valence-corrected chi connectivity index (χ2v) is 6.56. The van der Waals surface area contributed by atoms with E-state index in [0.717, 1.165) is 18.5 Å². The predicted octanol–water partition coefficient (Wildman–Crippen LogP) is 2.10. The van der Waals surface area contributed by atoms with Crippen LogP contribution < -0.4 is 4.72 Å². The minimum absolute atomic E-state index is 0.113. The zero-order chi connectivity index (χ0) is 13.3. The van der Waals surface area contributed by atoms with Gasteiger partial charge in [-0.05, 0) is 0 Å². The van der Waals surface area contributed by atoms with Gasteiger partial charge in [-0.15, -0.1) is 11.3 Å². The molecule has 18 heavy (non-hydrogen) atoms. The standard InChI is InChI=1S/C7H4ClN3O5S2/c8-7-5(11(12)13)1-6(17-7)18(14,15)10-4-2-9-16-3-4/h1-3,10H. The van der Waals surface area contributed by atoms with Gasteiger partial charge in [0, 0.05) is 6.07 Å². The Morgan fingerprint density at radius 2 is 2.28 bits per heavy atom. The predicted molar refractivity (Wildman–Crippen MR) is 63.3 cm³/mol. The number of rotatable bonds is 4. The molecule has 96 valence electrons. The fourth-order valence-corrected chi connectivity index (χ4v) is 3.74. The number of nitrogens with zero attached hydrogens (tertiary/aromatic N) is 2. The van der Waals surface area contributed by atoms with Gasteiger partial charge in [-0.3, -0.25) is 14.8 Å². The maximum Gasteiger partial charge on any atom is 0.300 e. The average Bonchev–Trinajstić information content (AvgIpc) is 2.86. The molecule has 0 radical (unpaired) electrons. The molecule has 2 rings (SSSR count). The highest BCUT2D eigenvalue weighted by Gasteiger charge is 2.25. The van der Waals surface area contributed by atoms with E-state index in [1.54, 1.807) is 0 Å². The van der Waals surface area contributed by atoms with Crippen LogP contribution in [0.4, 0.5) is 11.4 Å². The SMILES string of the molecule is O=[N+]([O-])c1cc(S(=O)(=O)Nc2cnoc2)sc1Cl.